The van der Waals surface area contributed by atoms with Crippen molar-refractivity contribution in [1.82, 2.24) is 0 Å². The van der Waals surface area contributed by atoms with Gasteiger partial charge in [0.05, 0.1) is 0 Å². The van der Waals surface area contributed by atoms with Crippen LogP contribution in [0, 0.1) is 19.8 Å². The molecule has 2 atom stereocenters. The summed E-state index contributed by atoms with van der Waals surface area (Å²) in [5.41, 5.74) is 10.4. The molecule has 0 aliphatic carbocycles. The summed E-state index contributed by atoms with van der Waals surface area (Å²) in [4.78, 5) is 0. The van der Waals surface area contributed by atoms with Gasteiger partial charge in [0.2, 0.25) is 0 Å². The number of rotatable bonds is 4. The van der Waals surface area contributed by atoms with Crippen molar-refractivity contribution < 1.29 is 0 Å². The normalized spacial score (nSPS) is 15.0. The van der Waals surface area contributed by atoms with Crippen molar-refractivity contribution in [3.05, 3.63) is 34.9 Å². The van der Waals surface area contributed by atoms with Gasteiger partial charge in [-0.1, -0.05) is 38.5 Å². The molecule has 2 N–H and O–H groups in total. The molecule has 0 spiro atoms. The zero-order valence-electron chi connectivity index (χ0n) is 10.4. The fraction of sp³-hybridized carbons (Fsp3) is 0.571. The molecular weight excluding hydrogens is 182 g/mol. The van der Waals surface area contributed by atoms with E-state index in [0.717, 1.165) is 12.8 Å². The second-order valence-corrected chi connectivity index (χ2v) is 4.62. The van der Waals surface area contributed by atoms with E-state index in [1.165, 1.54) is 16.7 Å². The van der Waals surface area contributed by atoms with Crippen LogP contribution in [0.2, 0.25) is 0 Å². The lowest BCUT2D eigenvalue weighted by atomic mass is 9.90. The maximum absolute atomic E-state index is 6.20. The van der Waals surface area contributed by atoms with Crippen LogP contribution >= 0.6 is 0 Å². The minimum Gasteiger partial charge on any atom is -0.327 e. The first-order valence-corrected chi connectivity index (χ1v) is 5.87. The standard InChI is InChI=1S/C14H23N/c1-5-10(2)14(15)9-13-11(3)7-6-8-12(13)4/h6-8,10,14H,5,9,15H2,1-4H3. The molecule has 1 rings (SSSR count). The topological polar surface area (TPSA) is 26.0 Å². The molecule has 2 unspecified atom stereocenters. The molecule has 0 bridgehead atoms. The lowest BCUT2D eigenvalue weighted by Crippen LogP contribution is -2.30. The van der Waals surface area contributed by atoms with Crippen LogP contribution in [0.5, 0.6) is 0 Å². The number of hydrogen-bond donors (Lipinski definition) is 1. The van der Waals surface area contributed by atoms with Crippen molar-refractivity contribution in [2.24, 2.45) is 11.7 Å². The van der Waals surface area contributed by atoms with E-state index in [9.17, 15) is 0 Å². The van der Waals surface area contributed by atoms with Crippen molar-refractivity contribution >= 4 is 0 Å². The Morgan fingerprint density at radius 3 is 2.20 bits per heavy atom. The Labute approximate surface area is 93.7 Å². The molecular formula is C14H23N. The first-order valence-electron chi connectivity index (χ1n) is 5.87. The fourth-order valence-corrected chi connectivity index (χ4v) is 1.91. The summed E-state index contributed by atoms with van der Waals surface area (Å²) in [7, 11) is 0. The number of aryl methyl sites for hydroxylation is 2. The van der Waals surface area contributed by atoms with Crippen LogP contribution < -0.4 is 5.73 Å². The van der Waals surface area contributed by atoms with Gasteiger partial charge in [-0.25, -0.2) is 0 Å². The monoisotopic (exact) mass is 205 g/mol. The molecule has 1 heteroatoms. The molecule has 0 aromatic heterocycles. The van der Waals surface area contributed by atoms with Crippen LogP contribution in [0.3, 0.4) is 0 Å². The third-order valence-corrected chi connectivity index (χ3v) is 3.46. The van der Waals surface area contributed by atoms with Gasteiger partial charge in [-0.3, -0.25) is 0 Å². The zero-order valence-corrected chi connectivity index (χ0v) is 10.4. The second kappa shape index (κ2) is 5.32. The highest BCUT2D eigenvalue weighted by atomic mass is 14.6. The van der Waals surface area contributed by atoms with Gasteiger partial charge in [0.15, 0.2) is 0 Å². The van der Waals surface area contributed by atoms with E-state index in [1.807, 2.05) is 0 Å². The largest absolute Gasteiger partial charge is 0.327 e. The van der Waals surface area contributed by atoms with E-state index in [2.05, 4.69) is 45.9 Å². The predicted molar refractivity (Wildman–Crippen MR) is 67.1 cm³/mol. The maximum Gasteiger partial charge on any atom is 0.0105 e. The number of nitrogens with two attached hydrogens (primary N) is 1. The molecule has 0 amide bonds. The minimum atomic E-state index is 0.287. The molecule has 1 nitrogen and oxygen atoms in total. The van der Waals surface area contributed by atoms with Crippen LogP contribution in [0.25, 0.3) is 0 Å². The van der Waals surface area contributed by atoms with Gasteiger partial charge < -0.3 is 5.73 Å². The first-order chi connectivity index (χ1) is 7.06. The zero-order chi connectivity index (χ0) is 11.4. The van der Waals surface area contributed by atoms with Gasteiger partial charge in [-0.2, -0.15) is 0 Å². The van der Waals surface area contributed by atoms with E-state index < -0.39 is 0 Å². The minimum absolute atomic E-state index is 0.287. The van der Waals surface area contributed by atoms with Gasteiger partial charge in [0, 0.05) is 6.04 Å². The summed E-state index contributed by atoms with van der Waals surface area (Å²) < 4.78 is 0. The van der Waals surface area contributed by atoms with Crippen LogP contribution in [0.4, 0.5) is 0 Å². The summed E-state index contributed by atoms with van der Waals surface area (Å²) in [5.74, 6) is 0.601. The average molecular weight is 205 g/mol. The summed E-state index contributed by atoms with van der Waals surface area (Å²) in [6, 6.07) is 6.75. The SMILES string of the molecule is CCC(C)C(N)Cc1c(C)cccc1C. The Morgan fingerprint density at radius 1 is 1.20 bits per heavy atom. The fourth-order valence-electron chi connectivity index (χ4n) is 1.91. The molecule has 1 aromatic carbocycles. The van der Waals surface area contributed by atoms with Crippen molar-refractivity contribution in [1.29, 1.82) is 0 Å². The molecule has 1 aromatic rings. The summed E-state index contributed by atoms with van der Waals surface area (Å²) in [6.07, 6.45) is 2.17. The van der Waals surface area contributed by atoms with Gasteiger partial charge in [-0.05, 0) is 42.9 Å². The molecule has 0 saturated heterocycles. The Hall–Kier alpha value is -0.820. The first kappa shape index (κ1) is 12.3. The molecule has 0 radical (unpaired) electrons. The van der Waals surface area contributed by atoms with Gasteiger partial charge in [-0.15, -0.1) is 0 Å². The smallest absolute Gasteiger partial charge is 0.0105 e. The molecule has 0 heterocycles. The van der Waals surface area contributed by atoms with E-state index in [1.54, 1.807) is 0 Å². The molecule has 84 valence electrons. The predicted octanol–water partition coefficient (Wildman–Crippen LogP) is 3.22. The Balaban J connectivity index is 2.80. The molecule has 0 aliphatic rings. The maximum atomic E-state index is 6.20. The summed E-state index contributed by atoms with van der Waals surface area (Å²) in [5, 5.41) is 0. The van der Waals surface area contributed by atoms with Crippen molar-refractivity contribution in [2.45, 2.75) is 46.6 Å². The van der Waals surface area contributed by atoms with E-state index in [-0.39, 0.29) is 6.04 Å². The third kappa shape index (κ3) is 3.07. The van der Waals surface area contributed by atoms with Gasteiger partial charge in [0.1, 0.15) is 0 Å². The lowest BCUT2D eigenvalue weighted by molar-refractivity contribution is 0.439. The number of hydrogen-bond acceptors (Lipinski definition) is 1. The highest BCUT2D eigenvalue weighted by Crippen LogP contribution is 2.18. The van der Waals surface area contributed by atoms with E-state index >= 15 is 0 Å². The molecule has 0 aliphatic heterocycles. The van der Waals surface area contributed by atoms with E-state index in [4.69, 9.17) is 5.73 Å². The summed E-state index contributed by atoms with van der Waals surface area (Å²) >= 11 is 0. The second-order valence-electron chi connectivity index (χ2n) is 4.62. The molecule has 0 saturated carbocycles. The Morgan fingerprint density at radius 2 is 1.73 bits per heavy atom. The highest BCUT2D eigenvalue weighted by molar-refractivity contribution is 5.34. The van der Waals surface area contributed by atoms with Gasteiger partial charge >= 0.3 is 0 Å². The van der Waals surface area contributed by atoms with Crippen LogP contribution in [0.15, 0.2) is 18.2 Å². The number of benzene rings is 1. The van der Waals surface area contributed by atoms with Crippen molar-refractivity contribution in [3.63, 3.8) is 0 Å². The summed E-state index contributed by atoms with van der Waals surface area (Å²) in [6.45, 7) is 8.78. The molecule has 15 heavy (non-hydrogen) atoms. The Kier molecular flexibility index (Phi) is 4.34. The van der Waals surface area contributed by atoms with E-state index in [0.29, 0.717) is 5.92 Å². The van der Waals surface area contributed by atoms with Gasteiger partial charge in [0.25, 0.3) is 0 Å². The van der Waals surface area contributed by atoms with Crippen molar-refractivity contribution in [2.75, 3.05) is 0 Å². The molecule has 0 fully saturated rings. The average Bonchev–Trinajstić information content (AvgIpc) is 2.22. The van der Waals surface area contributed by atoms with Crippen molar-refractivity contribution in [3.8, 4) is 0 Å². The highest BCUT2D eigenvalue weighted by Gasteiger charge is 2.13. The lowest BCUT2D eigenvalue weighted by Gasteiger charge is -2.20. The van der Waals surface area contributed by atoms with Crippen LogP contribution in [-0.2, 0) is 6.42 Å². The Bertz CT molecular complexity index is 297. The van der Waals surface area contributed by atoms with Crippen LogP contribution in [-0.4, -0.2) is 6.04 Å². The third-order valence-electron chi connectivity index (χ3n) is 3.46. The van der Waals surface area contributed by atoms with Crippen LogP contribution in [0.1, 0.15) is 37.0 Å². The quantitative estimate of drug-likeness (QED) is 0.802.